The monoisotopic (exact) mass is 363 g/mol. The van der Waals surface area contributed by atoms with E-state index in [0.29, 0.717) is 11.3 Å². The van der Waals surface area contributed by atoms with Crippen LogP contribution in [0.4, 0.5) is 0 Å². The molecule has 0 aliphatic heterocycles. The minimum atomic E-state index is -3.75. The fraction of sp³-hybridized carbons (Fsp3) is 0.294. The number of pyridine rings is 1. The number of amides is 1. The molecule has 7 nitrogen and oxygen atoms in total. The zero-order valence-corrected chi connectivity index (χ0v) is 15.2. The fourth-order valence-electron chi connectivity index (χ4n) is 2.06. The number of rotatable bonds is 7. The lowest BCUT2D eigenvalue weighted by Gasteiger charge is -2.16. The van der Waals surface area contributed by atoms with Crippen molar-refractivity contribution in [3.05, 3.63) is 54.4 Å². The molecule has 0 radical (unpaired) electrons. The van der Waals surface area contributed by atoms with Gasteiger partial charge in [0.15, 0.2) is 0 Å². The first-order chi connectivity index (χ1) is 11.8. The molecule has 1 amide bonds. The van der Waals surface area contributed by atoms with Crippen molar-refractivity contribution in [2.24, 2.45) is 0 Å². The van der Waals surface area contributed by atoms with E-state index in [0.717, 1.165) is 0 Å². The Kier molecular flexibility index (Phi) is 6.11. The van der Waals surface area contributed by atoms with Crippen molar-refractivity contribution >= 4 is 15.9 Å². The summed E-state index contributed by atoms with van der Waals surface area (Å²) in [7, 11) is -0.525. The molecule has 2 aromatic rings. The van der Waals surface area contributed by atoms with E-state index in [9.17, 15) is 13.2 Å². The number of hydrogen-bond donors (Lipinski definition) is 1. The summed E-state index contributed by atoms with van der Waals surface area (Å²) in [6, 6.07) is 9.41. The van der Waals surface area contributed by atoms with Gasteiger partial charge in [-0.15, -0.1) is 0 Å². The number of aromatic nitrogens is 1. The molecule has 0 aliphatic carbocycles. The Bertz CT molecular complexity index is 823. The van der Waals surface area contributed by atoms with Crippen LogP contribution in [-0.4, -0.2) is 51.0 Å². The van der Waals surface area contributed by atoms with Crippen molar-refractivity contribution in [3.63, 3.8) is 0 Å². The van der Waals surface area contributed by atoms with Crippen molar-refractivity contribution in [2.75, 3.05) is 20.6 Å². The maximum absolute atomic E-state index is 12.4. The van der Waals surface area contributed by atoms with Crippen molar-refractivity contribution in [1.29, 1.82) is 0 Å². The van der Waals surface area contributed by atoms with Gasteiger partial charge in [-0.05, 0) is 37.3 Å². The number of ether oxygens (including phenoxy) is 1. The minimum Gasteiger partial charge on any atom is -0.488 e. The topological polar surface area (TPSA) is 88.6 Å². The molecular weight excluding hydrogens is 342 g/mol. The van der Waals surface area contributed by atoms with Crippen molar-refractivity contribution in [2.45, 2.75) is 17.9 Å². The first kappa shape index (κ1) is 18.9. The summed E-state index contributed by atoms with van der Waals surface area (Å²) in [4.78, 5) is 17.3. The number of carbonyl (C=O) groups excluding carboxylic acids is 1. The molecule has 1 unspecified atom stereocenters. The highest BCUT2D eigenvalue weighted by molar-refractivity contribution is 7.89. The van der Waals surface area contributed by atoms with Gasteiger partial charge < -0.3 is 9.64 Å². The quantitative estimate of drug-likeness (QED) is 0.806. The second-order valence-corrected chi connectivity index (χ2v) is 7.46. The molecule has 1 aromatic carbocycles. The van der Waals surface area contributed by atoms with Gasteiger partial charge in [-0.2, -0.15) is 0 Å². The summed E-state index contributed by atoms with van der Waals surface area (Å²) in [5.41, 5.74) is 0.313. The number of nitrogens with one attached hydrogen (secondary N) is 1. The van der Waals surface area contributed by atoms with Crippen molar-refractivity contribution in [3.8, 4) is 5.75 Å². The maximum Gasteiger partial charge on any atom is 0.253 e. The normalized spacial score (nSPS) is 12.4. The van der Waals surface area contributed by atoms with Gasteiger partial charge in [0.1, 0.15) is 11.9 Å². The second kappa shape index (κ2) is 8.09. The third-order valence-corrected chi connectivity index (χ3v) is 4.75. The minimum absolute atomic E-state index is 0.0359. The summed E-state index contributed by atoms with van der Waals surface area (Å²) in [5.74, 6) is 0.304. The highest BCUT2D eigenvalue weighted by Crippen LogP contribution is 2.13. The van der Waals surface area contributed by atoms with Crippen LogP contribution >= 0.6 is 0 Å². The summed E-state index contributed by atoms with van der Waals surface area (Å²) < 4.78 is 32.9. The molecule has 2 rings (SSSR count). The van der Waals surface area contributed by atoms with E-state index >= 15 is 0 Å². The van der Waals surface area contributed by atoms with E-state index in [1.165, 1.54) is 17.0 Å². The molecule has 0 spiro atoms. The van der Waals surface area contributed by atoms with Crippen LogP contribution in [0.1, 0.15) is 17.3 Å². The molecule has 25 heavy (non-hydrogen) atoms. The van der Waals surface area contributed by atoms with Crippen LogP contribution in [0, 0.1) is 0 Å². The number of benzene rings is 1. The van der Waals surface area contributed by atoms with Crippen molar-refractivity contribution < 1.29 is 17.9 Å². The Morgan fingerprint density at radius 2 is 2.04 bits per heavy atom. The third kappa shape index (κ3) is 5.27. The Labute approximate surface area is 147 Å². The van der Waals surface area contributed by atoms with Crippen LogP contribution in [0.25, 0.3) is 0 Å². The van der Waals surface area contributed by atoms with E-state index in [-0.39, 0.29) is 23.5 Å². The van der Waals surface area contributed by atoms with E-state index in [1.807, 2.05) is 0 Å². The van der Waals surface area contributed by atoms with Gasteiger partial charge in [-0.25, -0.2) is 13.1 Å². The summed E-state index contributed by atoms with van der Waals surface area (Å²) >= 11 is 0. The number of sulfonamides is 1. The van der Waals surface area contributed by atoms with Crippen LogP contribution < -0.4 is 9.46 Å². The highest BCUT2D eigenvalue weighted by Gasteiger charge is 2.18. The molecular formula is C17H21N3O4S. The van der Waals surface area contributed by atoms with Crippen molar-refractivity contribution in [1.82, 2.24) is 14.6 Å². The second-order valence-electron chi connectivity index (χ2n) is 5.70. The van der Waals surface area contributed by atoms with E-state index in [1.54, 1.807) is 57.7 Å². The molecule has 0 saturated carbocycles. The summed E-state index contributed by atoms with van der Waals surface area (Å²) in [6.45, 7) is 1.84. The van der Waals surface area contributed by atoms with Gasteiger partial charge in [0.05, 0.1) is 11.1 Å². The Balaban J connectivity index is 2.04. The smallest absolute Gasteiger partial charge is 0.253 e. The van der Waals surface area contributed by atoms with Gasteiger partial charge in [-0.3, -0.25) is 9.78 Å². The predicted octanol–water partition coefficient (Wildman–Crippen LogP) is 1.53. The maximum atomic E-state index is 12.4. The molecule has 0 aliphatic rings. The lowest BCUT2D eigenvalue weighted by Crippen LogP contribution is -2.33. The fourth-order valence-corrected chi connectivity index (χ4v) is 3.22. The molecule has 0 saturated heterocycles. The van der Waals surface area contributed by atoms with Crippen LogP contribution in [0.2, 0.25) is 0 Å². The standard InChI is InChI=1S/C17H21N3O4S/c1-13(24-15-7-5-9-18-12-15)11-19-25(22,23)16-8-4-6-14(10-16)17(21)20(2)3/h4-10,12-13,19H,11H2,1-3H3. The Morgan fingerprint density at radius 1 is 1.28 bits per heavy atom. The van der Waals surface area contributed by atoms with Gasteiger partial charge >= 0.3 is 0 Å². The Morgan fingerprint density at radius 3 is 2.68 bits per heavy atom. The Hall–Kier alpha value is -2.45. The zero-order chi connectivity index (χ0) is 18.4. The first-order valence-electron chi connectivity index (χ1n) is 7.67. The predicted molar refractivity (Wildman–Crippen MR) is 94.0 cm³/mol. The summed E-state index contributed by atoms with van der Waals surface area (Å²) in [5, 5.41) is 0. The average molecular weight is 363 g/mol. The molecule has 1 aromatic heterocycles. The van der Waals surface area contributed by atoms with Gasteiger partial charge in [0, 0.05) is 32.4 Å². The third-order valence-electron chi connectivity index (χ3n) is 3.33. The SMILES string of the molecule is CC(CNS(=O)(=O)c1cccc(C(=O)N(C)C)c1)Oc1cccnc1. The highest BCUT2D eigenvalue weighted by atomic mass is 32.2. The van der Waals surface area contributed by atoms with E-state index in [2.05, 4.69) is 9.71 Å². The lowest BCUT2D eigenvalue weighted by molar-refractivity contribution is 0.0827. The van der Waals surface area contributed by atoms with Gasteiger partial charge in [0.25, 0.3) is 5.91 Å². The first-order valence-corrected chi connectivity index (χ1v) is 9.16. The van der Waals surface area contributed by atoms with Crippen LogP contribution in [-0.2, 0) is 10.0 Å². The van der Waals surface area contributed by atoms with Gasteiger partial charge in [0.2, 0.25) is 10.0 Å². The molecule has 8 heteroatoms. The molecule has 1 heterocycles. The lowest BCUT2D eigenvalue weighted by atomic mass is 10.2. The van der Waals surface area contributed by atoms with Crippen LogP contribution in [0.5, 0.6) is 5.75 Å². The molecule has 0 fully saturated rings. The van der Waals surface area contributed by atoms with Crippen LogP contribution in [0.15, 0.2) is 53.7 Å². The van der Waals surface area contributed by atoms with E-state index < -0.39 is 10.0 Å². The molecule has 134 valence electrons. The van der Waals surface area contributed by atoms with Crippen LogP contribution in [0.3, 0.4) is 0 Å². The number of nitrogens with zero attached hydrogens (tertiary/aromatic N) is 2. The number of hydrogen-bond acceptors (Lipinski definition) is 5. The number of carbonyl (C=O) groups is 1. The zero-order valence-electron chi connectivity index (χ0n) is 14.3. The molecule has 1 N–H and O–H groups in total. The summed E-state index contributed by atoms with van der Waals surface area (Å²) in [6.07, 6.45) is 2.80. The van der Waals surface area contributed by atoms with Gasteiger partial charge in [-0.1, -0.05) is 6.07 Å². The van der Waals surface area contributed by atoms with E-state index in [4.69, 9.17) is 4.74 Å². The molecule has 1 atom stereocenters. The average Bonchev–Trinajstić information content (AvgIpc) is 2.60. The molecule has 0 bridgehead atoms. The largest absolute Gasteiger partial charge is 0.488 e.